The molecule has 0 radical (unpaired) electrons. The predicted octanol–water partition coefficient (Wildman–Crippen LogP) is 2.38. The van der Waals surface area contributed by atoms with Crippen LogP contribution in [-0.2, 0) is 16.2 Å². The summed E-state index contributed by atoms with van der Waals surface area (Å²) in [5.41, 5.74) is 1.17. The molecule has 0 bridgehead atoms. The molecule has 0 spiro atoms. The summed E-state index contributed by atoms with van der Waals surface area (Å²) in [6, 6.07) is 10.2. The molecule has 0 aliphatic carbocycles. The third-order valence-corrected chi connectivity index (χ3v) is 3.17. The lowest BCUT2D eigenvalue weighted by molar-refractivity contribution is -0.177. The molecule has 0 N–H and O–H groups in total. The standard InChI is InChI=1S/C13H17NO2/c1-3-12-10(2)14(16-13(12)15)9-11-7-5-4-6-8-11/h4-8,10,12H,3,9H2,1-2H3/t10-,12-/m0/s1. The summed E-state index contributed by atoms with van der Waals surface area (Å²) in [4.78, 5) is 16.8. The summed E-state index contributed by atoms with van der Waals surface area (Å²) in [6.07, 6.45) is 0.839. The Bertz CT molecular complexity index is 363. The third kappa shape index (κ3) is 2.09. The number of nitrogens with zero attached hydrogens (tertiary/aromatic N) is 1. The second kappa shape index (κ2) is 4.66. The molecule has 1 saturated heterocycles. The summed E-state index contributed by atoms with van der Waals surface area (Å²) < 4.78 is 0. The van der Waals surface area contributed by atoms with Gasteiger partial charge in [-0.25, -0.2) is 4.79 Å². The Balaban J connectivity index is 2.05. The van der Waals surface area contributed by atoms with Gasteiger partial charge in [0.15, 0.2) is 0 Å². The van der Waals surface area contributed by atoms with Crippen molar-refractivity contribution in [2.75, 3.05) is 0 Å². The second-order valence-corrected chi connectivity index (χ2v) is 4.23. The Morgan fingerprint density at radius 2 is 2.00 bits per heavy atom. The first-order valence-electron chi connectivity index (χ1n) is 5.74. The number of hydrogen-bond donors (Lipinski definition) is 0. The van der Waals surface area contributed by atoms with E-state index >= 15 is 0 Å². The van der Waals surface area contributed by atoms with E-state index in [1.807, 2.05) is 44.2 Å². The Labute approximate surface area is 96.0 Å². The van der Waals surface area contributed by atoms with Crippen molar-refractivity contribution < 1.29 is 9.63 Å². The maximum atomic E-state index is 11.6. The fourth-order valence-electron chi connectivity index (χ4n) is 2.11. The normalized spacial score (nSPS) is 25.8. The lowest BCUT2D eigenvalue weighted by atomic mass is 9.99. The van der Waals surface area contributed by atoms with Crippen LogP contribution in [-0.4, -0.2) is 17.1 Å². The fraction of sp³-hybridized carbons (Fsp3) is 0.462. The van der Waals surface area contributed by atoms with Crippen molar-refractivity contribution in [1.82, 2.24) is 5.06 Å². The van der Waals surface area contributed by atoms with Crippen molar-refractivity contribution in [3.8, 4) is 0 Å². The van der Waals surface area contributed by atoms with E-state index in [1.165, 1.54) is 5.56 Å². The smallest absolute Gasteiger partial charge is 0.329 e. The molecule has 3 heteroatoms. The second-order valence-electron chi connectivity index (χ2n) is 4.23. The first-order valence-corrected chi connectivity index (χ1v) is 5.74. The molecule has 1 aliphatic rings. The van der Waals surface area contributed by atoms with E-state index in [4.69, 9.17) is 4.84 Å². The number of hydrogen-bond acceptors (Lipinski definition) is 3. The maximum absolute atomic E-state index is 11.6. The van der Waals surface area contributed by atoms with E-state index in [0.717, 1.165) is 6.42 Å². The Morgan fingerprint density at radius 3 is 2.56 bits per heavy atom. The van der Waals surface area contributed by atoms with Gasteiger partial charge in [-0.2, -0.15) is 0 Å². The van der Waals surface area contributed by atoms with Gasteiger partial charge >= 0.3 is 5.97 Å². The highest BCUT2D eigenvalue weighted by molar-refractivity contribution is 5.74. The minimum absolute atomic E-state index is 0.0173. The van der Waals surface area contributed by atoms with Crippen LogP contribution in [0.25, 0.3) is 0 Å². The van der Waals surface area contributed by atoms with Crippen molar-refractivity contribution in [1.29, 1.82) is 0 Å². The summed E-state index contributed by atoms with van der Waals surface area (Å²) in [7, 11) is 0. The third-order valence-electron chi connectivity index (χ3n) is 3.17. The van der Waals surface area contributed by atoms with E-state index in [-0.39, 0.29) is 17.9 Å². The molecule has 3 nitrogen and oxygen atoms in total. The minimum Gasteiger partial charge on any atom is -0.367 e. The molecule has 1 aromatic carbocycles. The lowest BCUT2D eigenvalue weighted by Gasteiger charge is -2.19. The number of benzene rings is 1. The summed E-state index contributed by atoms with van der Waals surface area (Å²) in [5, 5.41) is 1.78. The van der Waals surface area contributed by atoms with Crippen molar-refractivity contribution >= 4 is 5.97 Å². The molecule has 0 saturated carbocycles. The van der Waals surface area contributed by atoms with Gasteiger partial charge in [-0.15, -0.1) is 5.06 Å². The van der Waals surface area contributed by atoms with Crippen LogP contribution in [0, 0.1) is 5.92 Å². The van der Waals surface area contributed by atoms with Crippen molar-refractivity contribution in [3.05, 3.63) is 35.9 Å². The molecule has 86 valence electrons. The van der Waals surface area contributed by atoms with Crippen LogP contribution in [0.4, 0.5) is 0 Å². The molecular formula is C13H17NO2. The highest BCUT2D eigenvalue weighted by Gasteiger charge is 2.38. The molecule has 1 aromatic rings. The van der Waals surface area contributed by atoms with Gasteiger partial charge in [0.1, 0.15) is 0 Å². The Kier molecular flexibility index (Phi) is 3.25. The molecule has 2 rings (SSSR count). The van der Waals surface area contributed by atoms with Gasteiger partial charge in [-0.3, -0.25) is 0 Å². The SMILES string of the molecule is CC[C@@H]1C(=O)ON(Cc2ccccc2)[C@H]1C. The van der Waals surface area contributed by atoms with E-state index in [0.29, 0.717) is 6.54 Å². The van der Waals surface area contributed by atoms with E-state index in [2.05, 4.69) is 0 Å². The van der Waals surface area contributed by atoms with Crippen LogP contribution in [0.1, 0.15) is 25.8 Å². The van der Waals surface area contributed by atoms with Gasteiger partial charge in [-0.1, -0.05) is 37.3 Å². The topological polar surface area (TPSA) is 29.5 Å². The molecule has 1 heterocycles. The van der Waals surface area contributed by atoms with Gasteiger partial charge in [0.05, 0.1) is 18.5 Å². The van der Waals surface area contributed by atoms with Crippen LogP contribution in [0.5, 0.6) is 0 Å². The van der Waals surface area contributed by atoms with Gasteiger partial charge in [0.2, 0.25) is 0 Å². The molecule has 1 fully saturated rings. The number of hydroxylamine groups is 2. The van der Waals surface area contributed by atoms with Gasteiger partial charge < -0.3 is 4.84 Å². The zero-order chi connectivity index (χ0) is 11.5. The molecule has 0 aromatic heterocycles. The predicted molar refractivity (Wildman–Crippen MR) is 61.3 cm³/mol. The zero-order valence-corrected chi connectivity index (χ0v) is 9.72. The van der Waals surface area contributed by atoms with Crippen LogP contribution >= 0.6 is 0 Å². The molecule has 0 amide bonds. The number of rotatable bonds is 3. The largest absolute Gasteiger partial charge is 0.367 e. The van der Waals surface area contributed by atoms with Crippen LogP contribution < -0.4 is 0 Å². The monoisotopic (exact) mass is 219 g/mol. The van der Waals surface area contributed by atoms with E-state index < -0.39 is 0 Å². The van der Waals surface area contributed by atoms with E-state index in [9.17, 15) is 4.79 Å². The number of carbonyl (C=O) groups is 1. The van der Waals surface area contributed by atoms with Crippen LogP contribution in [0.3, 0.4) is 0 Å². The van der Waals surface area contributed by atoms with Gasteiger partial charge in [0, 0.05) is 0 Å². The number of carbonyl (C=O) groups excluding carboxylic acids is 1. The van der Waals surface area contributed by atoms with E-state index in [1.54, 1.807) is 5.06 Å². The average molecular weight is 219 g/mol. The van der Waals surface area contributed by atoms with Crippen LogP contribution in [0.2, 0.25) is 0 Å². The molecule has 16 heavy (non-hydrogen) atoms. The average Bonchev–Trinajstić information content (AvgIpc) is 2.55. The molecule has 0 unspecified atom stereocenters. The Hall–Kier alpha value is -1.35. The summed E-state index contributed by atoms with van der Waals surface area (Å²) in [6.45, 7) is 4.74. The summed E-state index contributed by atoms with van der Waals surface area (Å²) in [5.74, 6) is -0.0744. The minimum atomic E-state index is -0.0917. The fourth-order valence-corrected chi connectivity index (χ4v) is 2.11. The molecule has 1 aliphatic heterocycles. The van der Waals surface area contributed by atoms with Crippen molar-refractivity contribution in [2.24, 2.45) is 5.92 Å². The maximum Gasteiger partial charge on any atom is 0.329 e. The molecule has 2 atom stereocenters. The highest BCUT2D eigenvalue weighted by atomic mass is 16.7. The zero-order valence-electron chi connectivity index (χ0n) is 9.72. The highest BCUT2D eigenvalue weighted by Crippen LogP contribution is 2.26. The Morgan fingerprint density at radius 1 is 1.31 bits per heavy atom. The quantitative estimate of drug-likeness (QED) is 0.781. The van der Waals surface area contributed by atoms with Gasteiger partial charge in [-0.05, 0) is 18.9 Å². The van der Waals surface area contributed by atoms with Gasteiger partial charge in [0.25, 0.3) is 0 Å². The first-order chi connectivity index (χ1) is 7.72. The lowest BCUT2D eigenvalue weighted by Crippen LogP contribution is -2.28. The van der Waals surface area contributed by atoms with Crippen molar-refractivity contribution in [3.63, 3.8) is 0 Å². The first kappa shape index (κ1) is 11.1. The molecular weight excluding hydrogens is 202 g/mol. The van der Waals surface area contributed by atoms with Crippen LogP contribution in [0.15, 0.2) is 30.3 Å². The van der Waals surface area contributed by atoms with Crippen molar-refractivity contribution in [2.45, 2.75) is 32.9 Å². The summed E-state index contributed by atoms with van der Waals surface area (Å²) >= 11 is 0.